The number of aliphatic hydroxyl groups excluding tert-OH is 1. The van der Waals surface area contributed by atoms with Crippen molar-refractivity contribution >= 4 is 0 Å². The van der Waals surface area contributed by atoms with Gasteiger partial charge in [0.25, 0.3) is 0 Å². The standard InChI is InChI=1S/C8H19NO2/c1-4-7(2)9-5-8(3,11)6-10/h7,9-11H,4-6H2,1-3H3. The van der Waals surface area contributed by atoms with Gasteiger partial charge in [0, 0.05) is 12.6 Å². The van der Waals surface area contributed by atoms with Crippen LogP contribution in [0, 0.1) is 0 Å². The molecule has 3 heteroatoms. The average molecular weight is 161 g/mol. The Morgan fingerprint density at radius 3 is 2.45 bits per heavy atom. The molecule has 0 aliphatic heterocycles. The highest BCUT2D eigenvalue weighted by atomic mass is 16.3. The second kappa shape index (κ2) is 4.70. The molecule has 3 N–H and O–H groups in total. The molecule has 68 valence electrons. The zero-order valence-corrected chi connectivity index (χ0v) is 7.59. The van der Waals surface area contributed by atoms with Crippen LogP contribution in [-0.2, 0) is 0 Å². The van der Waals surface area contributed by atoms with Gasteiger partial charge in [-0.1, -0.05) is 6.92 Å². The van der Waals surface area contributed by atoms with Gasteiger partial charge in [-0.15, -0.1) is 0 Å². The molecule has 0 aromatic heterocycles. The number of aliphatic hydroxyl groups is 2. The SMILES string of the molecule is CCC(C)NCC(C)(O)CO. The van der Waals surface area contributed by atoms with Crippen molar-refractivity contribution in [3.05, 3.63) is 0 Å². The van der Waals surface area contributed by atoms with E-state index in [-0.39, 0.29) is 6.61 Å². The maximum absolute atomic E-state index is 9.36. The summed E-state index contributed by atoms with van der Waals surface area (Å²) in [5.74, 6) is 0. The summed E-state index contributed by atoms with van der Waals surface area (Å²) in [5.41, 5.74) is -0.983. The second-order valence-corrected chi connectivity index (χ2v) is 3.35. The van der Waals surface area contributed by atoms with Crippen molar-refractivity contribution in [2.45, 2.75) is 38.8 Å². The first-order chi connectivity index (χ1) is 5.02. The lowest BCUT2D eigenvalue weighted by Gasteiger charge is -2.23. The van der Waals surface area contributed by atoms with Crippen molar-refractivity contribution in [2.75, 3.05) is 13.2 Å². The summed E-state index contributed by atoms with van der Waals surface area (Å²) in [5, 5.41) is 21.2. The van der Waals surface area contributed by atoms with E-state index in [1.165, 1.54) is 0 Å². The fraction of sp³-hybridized carbons (Fsp3) is 1.00. The molecule has 3 nitrogen and oxygen atoms in total. The van der Waals surface area contributed by atoms with Gasteiger partial charge in [0.15, 0.2) is 0 Å². The molecule has 0 aromatic rings. The van der Waals surface area contributed by atoms with Crippen LogP contribution in [0.2, 0.25) is 0 Å². The van der Waals surface area contributed by atoms with E-state index >= 15 is 0 Å². The molecule has 0 rings (SSSR count). The molecular weight excluding hydrogens is 142 g/mol. The van der Waals surface area contributed by atoms with Crippen LogP contribution in [0.5, 0.6) is 0 Å². The van der Waals surface area contributed by atoms with Crippen molar-refractivity contribution < 1.29 is 10.2 Å². The molecule has 2 atom stereocenters. The van der Waals surface area contributed by atoms with Crippen LogP contribution in [0.3, 0.4) is 0 Å². The number of hydrogen-bond donors (Lipinski definition) is 3. The third-order valence-electron chi connectivity index (χ3n) is 1.78. The lowest BCUT2D eigenvalue weighted by atomic mass is 10.1. The van der Waals surface area contributed by atoms with Gasteiger partial charge in [0.1, 0.15) is 0 Å². The first-order valence-electron chi connectivity index (χ1n) is 4.08. The third kappa shape index (κ3) is 5.18. The van der Waals surface area contributed by atoms with E-state index in [4.69, 9.17) is 5.11 Å². The van der Waals surface area contributed by atoms with Gasteiger partial charge in [-0.3, -0.25) is 0 Å². The summed E-state index contributed by atoms with van der Waals surface area (Å²) in [7, 11) is 0. The van der Waals surface area contributed by atoms with E-state index in [9.17, 15) is 5.11 Å². The van der Waals surface area contributed by atoms with E-state index in [0.717, 1.165) is 6.42 Å². The molecule has 11 heavy (non-hydrogen) atoms. The molecule has 0 aliphatic rings. The summed E-state index contributed by atoms with van der Waals surface area (Å²) in [6, 6.07) is 0.396. The molecular formula is C8H19NO2. The van der Waals surface area contributed by atoms with Crippen LogP contribution in [0.25, 0.3) is 0 Å². The Balaban J connectivity index is 3.52. The van der Waals surface area contributed by atoms with Crippen molar-refractivity contribution in [1.82, 2.24) is 5.32 Å². The molecule has 0 saturated carbocycles. The van der Waals surface area contributed by atoms with Gasteiger partial charge < -0.3 is 15.5 Å². The maximum Gasteiger partial charge on any atom is 0.0972 e. The lowest BCUT2D eigenvalue weighted by molar-refractivity contribution is 0.00104. The minimum Gasteiger partial charge on any atom is -0.393 e. The second-order valence-electron chi connectivity index (χ2n) is 3.35. The summed E-state index contributed by atoms with van der Waals surface area (Å²) >= 11 is 0. The number of rotatable bonds is 5. The van der Waals surface area contributed by atoms with Crippen LogP contribution >= 0.6 is 0 Å². The van der Waals surface area contributed by atoms with Crippen molar-refractivity contribution in [3.63, 3.8) is 0 Å². The Hall–Kier alpha value is -0.120. The van der Waals surface area contributed by atoms with Crippen LogP contribution in [-0.4, -0.2) is 35.0 Å². The molecule has 0 bridgehead atoms. The summed E-state index contributed by atoms with van der Waals surface area (Å²) < 4.78 is 0. The van der Waals surface area contributed by atoms with Gasteiger partial charge in [0.2, 0.25) is 0 Å². The zero-order chi connectivity index (χ0) is 8.91. The van der Waals surface area contributed by atoms with Crippen molar-refractivity contribution in [2.24, 2.45) is 0 Å². The number of nitrogens with one attached hydrogen (secondary N) is 1. The Kier molecular flexibility index (Phi) is 4.65. The molecule has 0 fully saturated rings. The average Bonchev–Trinajstić information content (AvgIpc) is 2.00. The smallest absolute Gasteiger partial charge is 0.0972 e. The van der Waals surface area contributed by atoms with E-state index in [1.54, 1.807) is 6.92 Å². The fourth-order valence-electron chi connectivity index (χ4n) is 0.594. The van der Waals surface area contributed by atoms with Gasteiger partial charge in [0.05, 0.1) is 12.2 Å². The molecule has 0 spiro atoms. The van der Waals surface area contributed by atoms with E-state index < -0.39 is 5.60 Å². The Morgan fingerprint density at radius 2 is 2.09 bits per heavy atom. The van der Waals surface area contributed by atoms with Crippen LogP contribution < -0.4 is 5.32 Å². The topological polar surface area (TPSA) is 52.5 Å². The minimum absolute atomic E-state index is 0.198. The fourth-order valence-corrected chi connectivity index (χ4v) is 0.594. The quantitative estimate of drug-likeness (QED) is 0.537. The van der Waals surface area contributed by atoms with Crippen LogP contribution in [0.15, 0.2) is 0 Å². The monoisotopic (exact) mass is 161 g/mol. The van der Waals surface area contributed by atoms with Gasteiger partial charge in [-0.25, -0.2) is 0 Å². The van der Waals surface area contributed by atoms with Crippen molar-refractivity contribution in [3.8, 4) is 0 Å². The number of hydrogen-bond acceptors (Lipinski definition) is 3. The summed E-state index contributed by atoms with van der Waals surface area (Å²) in [6.45, 7) is 5.98. The third-order valence-corrected chi connectivity index (χ3v) is 1.78. The molecule has 0 radical (unpaired) electrons. The van der Waals surface area contributed by atoms with Gasteiger partial charge >= 0.3 is 0 Å². The Morgan fingerprint density at radius 1 is 1.55 bits per heavy atom. The lowest BCUT2D eigenvalue weighted by Crippen LogP contribution is -2.43. The molecule has 0 aliphatic carbocycles. The first kappa shape index (κ1) is 10.9. The Labute approximate surface area is 68.4 Å². The summed E-state index contributed by atoms with van der Waals surface area (Å²) in [6.07, 6.45) is 1.03. The summed E-state index contributed by atoms with van der Waals surface area (Å²) in [4.78, 5) is 0. The predicted molar refractivity (Wildman–Crippen MR) is 45.5 cm³/mol. The highest BCUT2D eigenvalue weighted by Crippen LogP contribution is 2.00. The van der Waals surface area contributed by atoms with E-state index in [1.807, 2.05) is 6.92 Å². The highest BCUT2D eigenvalue weighted by Gasteiger charge is 2.18. The zero-order valence-electron chi connectivity index (χ0n) is 7.59. The largest absolute Gasteiger partial charge is 0.393 e. The van der Waals surface area contributed by atoms with Gasteiger partial charge in [-0.2, -0.15) is 0 Å². The van der Waals surface area contributed by atoms with Crippen molar-refractivity contribution in [1.29, 1.82) is 0 Å². The first-order valence-corrected chi connectivity index (χ1v) is 4.08. The normalized spacial score (nSPS) is 19.4. The van der Waals surface area contributed by atoms with Gasteiger partial charge in [-0.05, 0) is 20.3 Å². The highest BCUT2D eigenvalue weighted by molar-refractivity contribution is 4.75. The van der Waals surface area contributed by atoms with Crippen LogP contribution in [0.1, 0.15) is 27.2 Å². The predicted octanol–water partition coefficient (Wildman–Crippen LogP) is 0.118. The molecule has 2 unspecified atom stereocenters. The molecule has 0 heterocycles. The molecule has 0 saturated heterocycles. The molecule has 0 aromatic carbocycles. The Bertz CT molecular complexity index is 104. The minimum atomic E-state index is -0.983. The van der Waals surface area contributed by atoms with E-state index in [2.05, 4.69) is 12.2 Å². The van der Waals surface area contributed by atoms with E-state index in [0.29, 0.717) is 12.6 Å². The molecule has 0 amide bonds. The maximum atomic E-state index is 9.36. The van der Waals surface area contributed by atoms with Crippen LogP contribution in [0.4, 0.5) is 0 Å².